The maximum absolute atomic E-state index is 12.8. The Bertz CT molecular complexity index is 868. The van der Waals surface area contributed by atoms with E-state index in [0.717, 1.165) is 30.5 Å². The van der Waals surface area contributed by atoms with Crippen molar-refractivity contribution in [2.45, 2.75) is 50.4 Å². The molecule has 4 rings (SSSR count). The Morgan fingerprint density at radius 3 is 2.42 bits per heavy atom. The van der Waals surface area contributed by atoms with E-state index in [0.29, 0.717) is 13.1 Å². The molecule has 2 fully saturated rings. The summed E-state index contributed by atoms with van der Waals surface area (Å²) in [6.45, 7) is 4.44. The summed E-state index contributed by atoms with van der Waals surface area (Å²) in [5.41, 5.74) is 4.69. The molecule has 0 unspecified atom stereocenters. The number of aliphatic hydroxyl groups is 1. The predicted molar refractivity (Wildman–Crippen MR) is 117 cm³/mol. The van der Waals surface area contributed by atoms with Crippen molar-refractivity contribution in [2.24, 2.45) is 0 Å². The van der Waals surface area contributed by atoms with E-state index >= 15 is 0 Å². The van der Waals surface area contributed by atoms with Crippen LogP contribution in [0.2, 0.25) is 0 Å². The summed E-state index contributed by atoms with van der Waals surface area (Å²) in [5, 5.41) is 10.1. The number of aryl methyl sites for hydroxylation is 1. The van der Waals surface area contributed by atoms with E-state index in [1.165, 1.54) is 11.1 Å². The largest absolute Gasteiger partial charge is 0.395 e. The smallest absolute Gasteiger partial charge is 0.390 e. The maximum Gasteiger partial charge on any atom is 0.390 e. The van der Waals surface area contributed by atoms with Gasteiger partial charge in [0.15, 0.2) is 0 Å². The molecule has 2 aromatic rings. The number of nitrogens with zero attached hydrogens (tertiary/aromatic N) is 2. The number of hydrogen-bond donors (Lipinski definition) is 1. The fraction of sp³-hybridized carbons (Fsp3) is 0.520. The van der Waals surface area contributed by atoms with Crippen LogP contribution in [0.15, 0.2) is 48.5 Å². The van der Waals surface area contributed by atoms with Crippen LogP contribution in [0.1, 0.15) is 36.3 Å². The van der Waals surface area contributed by atoms with Crippen LogP contribution in [-0.4, -0.2) is 66.0 Å². The van der Waals surface area contributed by atoms with Crippen molar-refractivity contribution in [1.29, 1.82) is 0 Å². The van der Waals surface area contributed by atoms with Crippen molar-refractivity contribution in [3.05, 3.63) is 59.7 Å². The highest BCUT2D eigenvalue weighted by Gasteiger charge is 2.49. The molecule has 0 spiro atoms. The molecule has 168 valence electrons. The zero-order valence-corrected chi connectivity index (χ0v) is 18.0. The summed E-state index contributed by atoms with van der Waals surface area (Å²) in [6, 6.07) is 17.0. The van der Waals surface area contributed by atoms with E-state index in [2.05, 4.69) is 54.3 Å². The van der Waals surface area contributed by atoms with Crippen LogP contribution in [-0.2, 0) is 0 Å². The molecule has 0 amide bonds. The first-order valence-corrected chi connectivity index (χ1v) is 11.2. The second-order valence-corrected chi connectivity index (χ2v) is 8.95. The first-order chi connectivity index (χ1) is 14.9. The van der Waals surface area contributed by atoms with E-state index in [4.69, 9.17) is 0 Å². The van der Waals surface area contributed by atoms with Gasteiger partial charge in [-0.25, -0.2) is 0 Å². The molecule has 31 heavy (non-hydrogen) atoms. The van der Waals surface area contributed by atoms with Crippen LogP contribution < -0.4 is 0 Å². The van der Waals surface area contributed by atoms with Gasteiger partial charge in [-0.05, 0) is 49.5 Å². The third-order valence-electron chi connectivity index (χ3n) is 6.81. The van der Waals surface area contributed by atoms with Crippen LogP contribution in [0.25, 0.3) is 11.1 Å². The van der Waals surface area contributed by atoms with Gasteiger partial charge in [0.25, 0.3) is 0 Å². The molecule has 3 nitrogen and oxygen atoms in total. The standard InChI is InChI=1S/C25H31F3N2O/c1-18-5-4-6-21(15-18)19-7-9-20(10-8-19)24-22-16-29(14-11-25(26,27)28)12-2-3-13-30(22)23(24)17-31/h4-10,15,22-24,31H,2-3,11-14,16-17H2,1H3/t22-,23+,24-/m0/s1. The summed E-state index contributed by atoms with van der Waals surface area (Å²) in [4.78, 5) is 4.27. The lowest BCUT2D eigenvalue weighted by molar-refractivity contribution is -0.140. The predicted octanol–water partition coefficient (Wildman–Crippen LogP) is 4.84. The van der Waals surface area contributed by atoms with Gasteiger partial charge in [0.05, 0.1) is 13.0 Å². The number of hydrogen-bond acceptors (Lipinski definition) is 3. The number of benzene rings is 2. The molecule has 2 aliphatic rings. The van der Waals surface area contributed by atoms with Crippen molar-refractivity contribution < 1.29 is 18.3 Å². The Labute approximate surface area is 182 Å². The lowest BCUT2D eigenvalue weighted by atomic mass is 9.74. The molecule has 6 heteroatoms. The Kier molecular flexibility index (Phi) is 6.70. The zero-order valence-electron chi connectivity index (χ0n) is 18.0. The fourth-order valence-electron chi connectivity index (χ4n) is 5.22. The van der Waals surface area contributed by atoms with Crippen molar-refractivity contribution in [3.8, 4) is 11.1 Å². The molecule has 2 heterocycles. The molecule has 2 saturated heterocycles. The van der Waals surface area contributed by atoms with Gasteiger partial charge in [0.2, 0.25) is 0 Å². The summed E-state index contributed by atoms with van der Waals surface area (Å²) < 4.78 is 38.3. The lowest BCUT2D eigenvalue weighted by Gasteiger charge is -2.57. The fourth-order valence-corrected chi connectivity index (χ4v) is 5.22. The highest BCUT2D eigenvalue weighted by molar-refractivity contribution is 5.64. The van der Waals surface area contributed by atoms with Crippen LogP contribution in [0.5, 0.6) is 0 Å². The number of alkyl halides is 3. The van der Waals surface area contributed by atoms with E-state index < -0.39 is 12.6 Å². The third-order valence-corrected chi connectivity index (χ3v) is 6.81. The van der Waals surface area contributed by atoms with E-state index in [-0.39, 0.29) is 31.2 Å². The SMILES string of the molecule is Cc1cccc(-c2ccc([C@@H]3[C@@H](CO)N4CCCCN(CCC(F)(F)F)C[C@@H]34)cc2)c1. The quantitative estimate of drug-likeness (QED) is 0.733. The van der Waals surface area contributed by atoms with Crippen molar-refractivity contribution >= 4 is 0 Å². The van der Waals surface area contributed by atoms with Gasteiger partial charge in [0, 0.05) is 31.1 Å². The maximum atomic E-state index is 12.8. The second-order valence-electron chi connectivity index (χ2n) is 8.95. The van der Waals surface area contributed by atoms with Gasteiger partial charge >= 0.3 is 6.18 Å². The van der Waals surface area contributed by atoms with Gasteiger partial charge < -0.3 is 10.0 Å². The zero-order chi connectivity index (χ0) is 22.0. The second kappa shape index (κ2) is 9.31. The molecule has 0 saturated carbocycles. The third kappa shape index (κ3) is 5.13. The molecule has 0 aromatic heterocycles. The van der Waals surface area contributed by atoms with Gasteiger partial charge in [-0.15, -0.1) is 0 Å². The minimum absolute atomic E-state index is 0.0392. The first kappa shape index (κ1) is 22.3. The molecule has 0 aliphatic carbocycles. The monoisotopic (exact) mass is 432 g/mol. The van der Waals surface area contributed by atoms with Crippen molar-refractivity contribution in [1.82, 2.24) is 9.80 Å². The van der Waals surface area contributed by atoms with Crippen LogP contribution >= 0.6 is 0 Å². The molecule has 2 aliphatic heterocycles. The number of halogens is 3. The van der Waals surface area contributed by atoms with E-state index in [1.807, 2.05) is 11.0 Å². The topological polar surface area (TPSA) is 26.7 Å². The molecule has 3 atom stereocenters. The van der Waals surface area contributed by atoms with Gasteiger partial charge in [-0.1, -0.05) is 54.1 Å². The number of aliphatic hydroxyl groups excluding tert-OH is 1. The molecule has 0 bridgehead atoms. The summed E-state index contributed by atoms with van der Waals surface area (Å²) in [6.07, 6.45) is -3.04. The van der Waals surface area contributed by atoms with Gasteiger partial charge in [-0.3, -0.25) is 4.90 Å². The minimum atomic E-state index is -4.12. The molecular weight excluding hydrogens is 401 g/mol. The first-order valence-electron chi connectivity index (χ1n) is 11.2. The number of fused-ring (bicyclic) bond motifs is 1. The highest BCUT2D eigenvalue weighted by Crippen LogP contribution is 2.42. The van der Waals surface area contributed by atoms with Crippen LogP contribution in [0.3, 0.4) is 0 Å². The Balaban J connectivity index is 1.52. The average Bonchev–Trinajstić information content (AvgIpc) is 2.72. The van der Waals surface area contributed by atoms with Crippen LogP contribution in [0, 0.1) is 6.92 Å². The summed E-state index contributed by atoms with van der Waals surface area (Å²) in [5.74, 6) is 0.142. The normalized spacial score (nSPS) is 25.4. The van der Waals surface area contributed by atoms with Gasteiger partial charge in [-0.2, -0.15) is 13.2 Å². The Morgan fingerprint density at radius 1 is 1.00 bits per heavy atom. The van der Waals surface area contributed by atoms with E-state index in [9.17, 15) is 18.3 Å². The molecule has 0 radical (unpaired) electrons. The number of rotatable bonds is 5. The Hall–Kier alpha value is -1.89. The van der Waals surface area contributed by atoms with Crippen molar-refractivity contribution in [3.63, 3.8) is 0 Å². The highest BCUT2D eigenvalue weighted by atomic mass is 19.4. The molecule has 1 N–H and O–H groups in total. The van der Waals surface area contributed by atoms with Crippen molar-refractivity contribution in [2.75, 3.05) is 32.8 Å². The molecule has 2 aromatic carbocycles. The van der Waals surface area contributed by atoms with E-state index in [1.54, 1.807) is 0 Å². The Morgan fingerprint density at radius 2 is 1.74 bits per heavy atom. The van der Waals surface area contributed by atoms with Gasteiger partial charge in [0.1, 0.15) is 0 Å². The van der Waals surface area contributed by atoms with Crippen LogP contribution in [0.4, 0.5) is 13.2 Å². The lowest BCUT2D eigenvalue weighted by Crippen LogP contribution is -2.67. The average molecular weight is 433 g/mol. The molecular formula is C25H31F3N2O. The summed E-state index contributed by atoms with van der Waals surface area (Å²) in [7, 11) is 0. The summed E-state index contributed by atoms with van der Waals surface area (Å²) >= 11 is 0. The minimum Gasteiger partial charge on any atom is -0.395 e.